The van der Waals surface area contributed by atoms with E-state index in [1.807, 2.05) is 6.92 Å². The molecule has 3 nitrogen and oxygen atoms in total. The van der Waals surface area contributed by atoms with Gasteiger partial charge in [0.25, 0.3) is 0 Å². The van der Waals surface area contributed by atoms with E-state index in [0.29, 0.717) is 11.3 Å². The molecular weight excluding hydrogens is 248 g/mol. The van der Waals surface area contributed by atoms with Crippen molar-refractivity contribution in [1.82, 2.24) is 5.32 Å². The Morgan fingerprint density at radius 1 is 1.33 bits per heavy atom. The molecule has 1 fully saturated rings. The van der Waals surface area contributed by atoms with Crippen molar-refractivity contribution in [3.05, 3.63) is 0 Å². The van der Waals surface area contributed by atoms with Gasteiger partial charge in [0.2, 0.25) is 5.91 Å². The molecule has 1 amide bonds. The van der Waals surface area contributed by atoms with Crippen LogP contribution in [0.15, 0.2) is 0 Å². The van der Waals surface area contributed by atoms with Gasteiger partial charge in [-0.05, 0) is 36.5 Å². The normalized spacial score (nSPS) is 19.9. The van der Waals surface area contributed by atoms with Gasteiger partial charge in [-0.3, -0.25) is 4.79 Å². The van der Waals surface area contributed by atoms with Crippen LogP contribution in [-0.2, 0) is 4.79 Å². The number of hydrogen-bond donors (Lipinski definition) is 2. The molecule has 108 valence electrons. The average Bonchev–Trinajstić information content (AvgIpc) is 3.03. The van der Waals surface area contributed by atoms with Crippen molar-refractivity contribution in [2.45, 2.75) is 59.4 Å². The Balaban J connectivity index is 0.00000289. The molecule has 0 aromatic rings. The second-order valence-electron chi connectivity index (χ2n) is 6.23. The van der Waals surface area contributed by atoms with Crippen molar-refractivity contribution in [3.8, 4) is 0 Å². The van der Waals surface area contributed by atoms with Crippen LogP contribution in [0.1, 0.15) is 53.4 Å². The predicted molar refractivity (Wildman–Crippen MR) is 78.8 cm³/mol. The lowest BCUT2D eigenvalue weighted by molar-refractivity contribution is -0.123. The first-order valence-electron chi connectivity index (χ1n) is 6.93. The molecule has 1 aliphatic rings. The number of nitrogens with two attached hydrogens (primary N) is 1. The minimum atomic E-state index is -0.352. The van der Waals surface area contributed by atoms with Gasteiger partial charge in [-0.25, -0.2) is 0 Å². The number of carbonyl (C=O) groups excluding carboxylic acids is 1. The smallest absolute Gasteiger partial charge is 0.237 e. The first-order chi connectivity index (χ1) is 7.90. The molecule has 18 heavy (non-hydrogen) atoms. The zero-order chi connectivity index (χ0) is 13.1. The third-order valence-corrected chi connectivity index (χ3v) is 4.00. The van der Waals surface area contributed by atoms with Crippen LogP contribution in [0.2, 0.25) is 0 Å². The lowest BCUT2D eigenvalue weighted by Gasteiger charge is -2.22. The lowest BCUT2D eigenvalue weighted by Crippen LogP contribution is -2.46. The molecule has 1 aliphatic carbocycles. The van der Waals surface area contributed by atoms with E-state index in [1.54, 1.807) is 0 Å². The fraction of sp³-hybridized carbons (Fsp3) is 0.929. The van der Waals surface area contributed by atoms with Gasteiger partial charge in [0, 0.05) is 6.54 Å². The summed E-state index contributed by atoms with van der Waals surface area (Å²) in [6, 6.07) is -0.352. The summed E-state index contributed by atoms with van der Waals surface area (Å²) in [5.41, 5.74) is 6.30. The number of nitrogens with one attached hydrogen (secondary N) is 1. The van der Waals surface area contributed by atoms with Crippen LogP contribution in [-0.4, -0.2) is 18.5 Å². The first-order valence-corrected chi connectivity index (χ1v) is 6.93. The standard InChI is InChI=1S/C14H28N2O.ClH/c1-5-11(4)12(15)13(17)16-9-14(6-7-14)8-10(2)3;/h10-12H,5-9,15H2,1-4H3,(H,16,17);1H. The molecule has 2 unspecified atom stereocenters. The van der Waals surface area contributed by atoms with Crippen LogP contribution < -0.4 is 11.1 Å². The molecule has 4 heteroatoms. The van der Waals surface area contributed by atoms with Gasteiger partial charge in [0.1, 0.15) is 0 Å². The van der Waals surface area contributed by atoms with E-state index in [1.165, 1.54) is 19.3 Å². The number of carbonyl (C=O) groups is 1. The van der Waals surface area contributed by atoms with Gasteiger partial charge in [-0.2, -0.15) is 0 Å². The molecule has 0 radical (unpaired) electrons. The topological polar surface area (TPSA) is 55.1 Å². The molecule has 0 aliphatic heterocycles. The Kier molecular flexibility index (Phi) is 7.23. The fourth-order valence-electron chi connectivity index (χ4n) is 2.40. The molecule has 0 aromatic heterocycles. The van der Waals surface area contributed by atoms with Crippen molar-refractivity contribution >= 4 is 18.3 Å². The molecular formula is C14H29ClN2O. The molecule has 2 atom stereocenters. The Morgan fingerprint density at radius 2 is 1.89 bits per heavy atom. The Morgan fingerprint density at radius 3 is 2.28 bits per heavy atom. The summed E-state index contributed by atoms with van der Waals surface area (Å²) in [5, 5.41) is 3.04. The molecule has 0 heterocycles. The predicted octanol–water partition coefficient (Wildman–Crippen LogP) is 2.72. The summed E-state index contributed by atoms with van der Waals surface area (Å²) in [7, 11) is 0. The zero-order valence-corrected chi connectivity index (χ0v) is 13.0. The molecule has 0 aromatic carbocycles. The molecule has 3 N–H and O–H groups in total. The molecule has 0 spiro atoms. The highest BCUT2D eigenvalue weighted by atomic mass is 35.5. The Labute approximate surface area is 118 Å². The number of halogens is 1. The number of amides is 1. The van der Waals surface area contributed by atoms with Gasteiger partial charge in [-0.15, -0.1) is 12.4 Å². The van der Waals surface area contributed by atoms with Gasteiger partial charge >= 0.3 is 0 Å². The molecule has 1 rings (SSSR count). The largest absolute Gasteiger partial charge is 0.354 e. The van der Waals surface area contributed by atoms with E-state index in [2.05, 4.69) is 26.1 Å². The first kappa shape index (κ1) is 17.7. The van der Waals surface area contributed by atoms with Crippen molar-refractivity contribution in [2.24, 2.45) is 23.0 Å². The van der Waals surface area contributed by atoms with Crippen molar-refractivity contribution in [2.75, 3.05) is 6.54 Å². The highest BCUT2D eigenvalue weighted by Crippen LogP contribution is 2.49. The summed E-state index contributed by atoms with van der Waals surface area (Å²) in [6.45, 7) is 9.40. The van der Waals surface area contributed by atoms with Crippen LogP contribution in [0, 0.1) is 17.3 Å². The number of hydrogen-bond acceptors (Lipinski definition) is 2. The van der Waals surface area contributed by atoms with Crippen LogP contribution in [0.25, 0.3) is 0 Å². The second-order valence-corrected chi connectivity index (χ2v) is 6.23. The average molecular weight is 277 g/mol. The minimum Gasteiger partial charge on any atom is -0.354 e. The number of rotatable bonds is 7. The monoisotopic (exact) mass is 276 g/mol. The van der Waals surface area contributed by atoms with E-state index in [9.17, 15) is 4.79 Å². The second kappa shape index (κ2) is 7.34. The van der Waals surface area contributed by atoms with Crippen molar-refractivity contribution in [3.63, 3.8) is 0 Å². The van der Waals surface area contributed by atoms with Gasteiger partial charge < -0.3 is 11.1 Å². The quantitative estimate of drug-likeness (QED) is 0.751. The molecule has 0 bridgehead atoms. The Bertz CT molecular complexity index is 265. The van der Waals surface area contributed by atoms with Crippen LogP contribution in [0.3, 0.4) is 0 Å². The van der Waals surface area contributed by atoms with E-state index in [4.69, 9.17) is 5.73 Å². The maximum absolute atomic E-state index is 11.9. The van der Waals surface area contributed by atoms with Crippen LogP contribution in [0.5, 0.6) is 0 Å². The Hall–Kier alpha value is -0.280. The van der Waals surface area contributed by atoms with E-state index >= 15 is 0 Å². The third-order valence-electron chi connectivity index (χ3n) is 4.00. The van der Waals surface area contributed by atoms with Crippen LogP contribution in [0.4, 0.5) is 0 Å². The maximum atomic E-state index is 11.9. The molecule has 1 saturated carbocycles. The fourth-order valence-corrected chi connectivity index (χ4v) is 2.40. The van der Waals surface area contributed by atoms with Gasteiger partial charge in [0.05, 0.1) is 6.04 Å². The highest BCUT2D eigenvalue weighted by molar-refractivity contribution is 5.85. The maximum Gasteiger partial charge on any atom is 0.237 e. The summed E-state index contributed by atoms with van der Waals surface area (Å²) in [5.74, 6) is 0.988. The SMILES string of the molecule is CCC(C)C(N)C(=O)NCC1(CC(C)C)CC1.Cl. The minimum absolute atomic E-state index is 0. The summed E-state index contributed by atoms with van der Waals surface area (Å²) < 4.78 is 0. The van der Waals surface area contributed by atoms with Crippen molar-refractivity contribution in [1.29, 1.82) is 0 Å². The lowest BCUT2D eigenvalue weighted by atomic mass is 9.93. The van der Waals surface area contributed by atoms with E-state index in [0.717, 1.165) is 13.0 Å². The van der Waals surface area contributed by atoms with Gasteiger partial charge in [0.15, 0.2) is 0 Å². The summed E-state index contributed by atoms with van der Waals surface area (Å²) >= 11 is 0. The van der Waals surface area contributed by atoms with Crippen LogP contribution >= 0.6 is 12.4 Å². The van der Waals surface area contributed by atoms with E-state index in [-0.39, 0.29) is 30.3 Å². The van der Waals surface area contributed by atoms with E-state index < -0.39 is 0 Å². The summed E-state index contributed by atoms with van der Waals surface area (Å²) in [6.07, 6.45) is 4.67. The molecule has 0 saturated heterocycles. The van der Waals surface area contributed by atoms with Gasteiger partial charge in [-0.1, -0.05) is 34.1 Å². The third kappa shape index (κ3) is 5.15. The zero-order valence-electron chi connectivity index (χ0n) is 12.2. The summed E-state index contributed by atoms with van der Waals surface area (Å²) in [4.78, 5) is 11.9. The highest BCUT2D eigenvalue weighted by Gasteiger charge is 2.43. The van der Waals surface area contributed by atoms with Crippen molar-refractivity contribution < 1.29 is 4.79 Å².